The predicted molar refractivity (Wildman–Crippen MR) is 23.0 cm³/mol. The van der Waals surface area contributed by atoms with Crippen LogP contribution in [-0.4, -0.2) is 18.4 Å². The predicted octanol–water partition coefficient (Wildman–Crippen LogP) is 0.790. The van der Waals surface area contributed by atoms with E-state index < -0.39 is 6.18 Å². The molecule has 0 aromatic carbocycles. The molecular weight excluding hydrogens is 121 g/mol. The molecule has 8 heavy (non-hydrogen) atoms. The van der Waals surface area contributed by atoms with E-state index in [4.69, 9.17) is 5.11 Å². The summed E-state index contributed by atoms with van der Waals surface area (Å²) in [6.45, 7) is 0. The number of terminal acetylenes is 1. The zero-order valence-electron chi connectivity index (χ0n) is 4.16. The second-order valence-electron chi connectivity index (χ2n) is 0.642. The van der Waals surface area contributed by atoms with Crippen LogP contribution in [0.25, 0.3) is 0 Å². The van der Waals surface area contributed by atoms with Crippen molar-refractivity contribution in [3.8, 4) is 12.3 Å². The summed E-state index contributed by atoms with van der Waals surface area (Å²) >= 11 is 0. The molecule has 4 heteroatoms. The summed E-state index contributed by atoms with van der Waals surface area (Å²) < 4.78 is 31.6. The lowest BCUT2D eigenvalue weighted by molar-refractivity contribution is -0.0695. The van der Waals surface area contributed by atoms with Crippen molar-refractivity contribution in [1.29, 1.82) is 0 Å². The molecule has 0 saturated heterocycles. The van der Waals surface area contributed by atoms with E-state index in [-0.39, 0.29) is 0 Å². The molecule has 0 aliphatic heterocycles. The van der Waals surface area contributed by atoms with Crippen LogP contribution in [0.2, 0.25) is 0 Å². The highest BCUT2D eigenvalue weighted by Gasteiger charge is 2.21. The Morgan fingerprint density at radius 2 is 1.50 bits per heavy atom. The molecule has 0 aromatic rings. The van der Waals surface area contributed by atoms with Crippen LogP contribution in [0, 0.1) is 12.3 Å². The molecule has 0 aromatic heterocycles. The molecule has 0 rings (SSSR count). The van der Waals surface area contributed by atoms with E-state index in [0.717, 1.165) is 7.11 Å². The van der Waals surface area contributed by atoms with Crippen LogP contribution in [0.15, 0.2) is 0 Å². The molecule has 0 spiro atoms. The van der Waals surface area contributed by atoms with Crippen molar-refractivity contribution in [3.05, 3.63) is 0 Å². The Kier molecular flexibility index (Phi) is 5.77. The third kappa shape index (κ3) is 18.5. The highest BCUT2D eigenvalue weighted by atomic mass is 19.4. The van der Waals surface area contributed by atoms with Crippen molar-refractivity contribution in [3.63, 3.8) is 0 Å². The quantitative estimate of drug-likeness (QED) is 0.476. The van der Waals surface area contributed by atoms with Crippen LogP contribution >= 0.6 is 0 Å². The van der Waals surface area contributed by atoms with Crippen LogP contribution in [0.4, 0.5) is 13.2 Å². The normalized spacial score (nSPS) is 8.50. The Labute approximate surface area is 45.1 Å². The zero-order chi connectivity index (χ0) is 7.21. The minimum absolute atomic E-state index is 0.604. The van der Waals surface area contributed by atoms with E-state index in [2.05, 4.69) is 6.42 Å². The van der Waals surface area contributed by atoms with Crippen molar-refractivity contribution in [2.24, 2.45) is 0 Å². The van der Waals surface area contributed by atoms with E-state index in [1.165, 1.54) is 0 Å². The van der Waals surface area contributed by atoms with E-state index in [9.17, 15) is 13.2 Å². The van der Waals surface area contributed by atoms with Gasteiger partial charge in [-0.3, -0.25) is 0 Å². The molecule has 0 saturated carbocycles. The molecule has 0 radical (unpaired) electrons. The van der Waals surface area contributed by atoms with Gasteiger partial charge in [0, 0.05) is 13.0 Å². The van der Waals surface area contributed by atoms with Gasteiger partial charge in [-0.2, -0.15) is 13.2 Å². The molecule has 0 heterocycles. The number of hydrogen-bond acceptors (Lipinski definition) is 1. The minimum Gasteiger partial charge on any atom is -0.400 e. The molecule has 0 aliphatic carbocycles. The zero-order valence-corrected chi connectivity index (χ0v) is 4.16. The van der Waals surface area contributed by atoms with Crippen molar-refractivity contribution < 1.29 is 18.3 Å². The molecule has 0 fully saturated rings. The van der Waals surface area contributed by atoms with Crippen molar-refractivity contribution >= 4 is 0 Å². The molecule has 0 aliphatic rings. The van der Waals surface area contributed by atoms with E-state index in [1.54, 1.807) is 0 Å². The number of halogens is 3. The van der Waals surface area contributed by atoms with Crippen LogP contribution in [0.5, 0.6) is 0 Å². The van der Waals surface area contributed by atoms with Crippen LogP contribution in [0.1, 0.15) is 0 Å². The van der Waals surface area contributed by atoms with Crippen molar-refractivity contribution in [1.82, 2.24) is 0 Å². The van der Waals surface area contributed by atoms with Crippen LogP contribution in [0.3, 0.4) is 0 Å². The number of alkyl halides is 3. The van der Waals surface area contributed by atoms with Gasteiger partial charge in [-0.1, -0.05) is 0 Å². The third-order valence-corrected chi connectivity index (χ3v) is 0.164. The monoisotopic (exact) mass is 126 g/mol. The molecule has 0 bridgehead atoms. The molecule has 1 nitrogen and oxygen atoms in total. The molecule has 1 N–H and O–H groups in total. The molecule has 48 valence electrons. The van der Waals surface area contributed by atoms with Gasteiger partial charge in [-0.25, -0.2) is 0 Å². The van der Waals surface area contributed by atoms with Crippen molar-refractivity contribution in [2.75, 3.05) is 7.11 Å². The first-order valence-electron chi connectivity index (χ1n) is 1.55. The maximum absolute atomic E-state index is 10.5. The number of hydrogen-bond donors (Lipinski definition) is 1. The third-order valence-electron chi connectivity index (χ3n) is 0.164. The smallest absolute Gasteiger partial charge is 0.400 e. The van der Waals surface area contributed by atoms with E-state index in [1.807, 2.05) is 0 Å². The van der Waals surface area contributed by atoms with Gasteiger partial charge in [-0.15, -0.1) is 6.42 Å². The molecular formula is C4H5F3O. The Bertz CT molecular complexity index is 78.3. The van der Waals surface area contributed by atoms with Gasteiger partial charge < -0.3 is 5.11 Å². The Morgan fingerprint density at radius 1 is 1.38 bits per heavy atom. The summed E-state index contributed by atoms with van der Waals surface area (Å²) in [5.74, 6) is 0.604. The lowest BCUT2D eigenvalue weighted by Gasteiger charge is -1.88. The fraction of sp³-hybridized carbons (Fsp3) is 0.500. The summed E-state index contributed by atoms with van der Waals surface area (Å²) in [5, 5.41) is 7.00. The van der Waals surface area contributed by atoms with Gasteiger partial charge in [0.25, 0.3) is 0 Å². The van der Waals surface area contributed by atoms with E-state index >= 15 is 0 Å². The largest absolute Gasteiger partial charge is 0.457 e. The highest BCUT2D eigenvalue weighted by Crippen LogP contribution is 2.10. The fourth-order valence-electron chi connectivity index (χ4n) is 0. The summed E-state index contributed by atoms with van der Waals surface area (Å²) in [6.07, 6.45) is -0.500. The lowest BCUT2D eigenvalue weighted by Crippen LogP contribution is -1.99. The second-order valence-corrected chi connectivity index (χ2v) is 0.642. The van der Waals surface area contributed by atoms with Crippen LogP contribution < -0.4 is 0 Å². The minimum atomic E-state index is -4.43. The topological polar surface area (TPSA) is 20.2 Å². The summed E-state index contributed by atoms with van der Waals surface area (Å²) in [4.78, 5) is 0. The first-order valence-corrected chi connectivity index (χ1v) is 1.55. The number of aliphatic hydroxyl groups is 1. The summed E-state index contributed by atoms with van der Waals surface area (Å²) in [5.41, 5.74) is 0. The van der Waals surface area contributed by atoms with Gasteiger partial charge >= 0.3 is 6.18 Å². The first kappa shape index (κ1) is 10.3. The van der Waals surface area contributed by atoms with E-state index in [0.29, 0.717) is 5.92 Å². The summed E-state index contributed by atoms with van der Waals surface area (Å²) in [7, 11) is 1.00. The number of rotatable bonds is 0. The Morgan fingerprint density at radius 3 is 1.50 bits per heavy atom. The SMILES string of the molecule is C#CC(F)(F)F.CO. The second kappa shape index (κ2) is 4.47. The lowest BCUT2D eigenvalue weighted by atomic mass is 10.7. The maximum Gasteiger partial charge on any atom is 0.457 e. The summed E-state index contributed by atoms with van der Waals surface area (Å²) in [6, 6.07) is 0. The first-order chi connectivity index (χ1) is 3.56. The van der Waals surface area contributed by atoms with Gasteiger partial charge in [-0.05, 0) is 0 Å². The Hall–Kier alpha value is -0.690. The fourth-order valence-corrected chi connectivity index (χ4v) is 0. The van der Waals surface area contributed by atoms with Gasteiger partial charge in [0.05, 0.1) is 0 Å². The number of aliphatic hydroxyl groups excluding tert-OH is 1. The molecule has 0 amide bonds. The standard InChI is InChI=1S/C3HF3.CH4O/c1-2-3(4,5)6;1-2/h1H;2H,1H3. The highest BCUT2D eigenvalue weighted by molar-refractivity contribution is 4.92. The average Bonchev–Trinajstić information content (AvgIpc) is 1.71. The van der Waals surface area contributed by atoms with Gasteiger partial charge in [0.1, 0.15) is 0 Å². The van der Waals surface area contributed by atoms with Crippen LogP contribution in [-0.2, 0) is 0 Å². The van der Waals surface area contributed by atoms with Gasteiger partial charge in [0.2, 0.25) is 0 Å². The Balaban J connectivity index is 0. The van der Waals surface area contributed by atoms with Crippen molar-refractivity contribution in [2.45, 2.75) is 6.18 Å². The average molecular weight is 126 g/mol. The maximum atomic E-state index is 10.5. The molecule has 0 unspecified atom stereocenters. The molecule has 0 atom stereocenters. The van der Waals surface area contributed by atoms with Gasteiger partial charge in [0.15, 0.2) is 0 Å².